The molecule has 0 aromatic heterocycles. The molecule has 84 valence electrons. The lowest BCUT2D eigenvalue weighted by atomic mass is 10.1. The quantitative estimate of drug-likeness (QED) is 0.819. The summed E-state index contributed by atoms with van der Waals surface area (Å²) in [5.41, 5.74) is 2.50. The van der Waals surface area contributed by atoms with Crippen LogP contribution in [0.25, 0.3) is 0 Å². The number of hydrogen-bond donors (Lipinski definition) is 1. The van der Waals surface area contributed by atoms with E-state index in [1.54, 1.807) is 0 Å². The van der Waals surface area contributed by atoms with Crippen LogP contribution in [0, 0.1) is 13.8 Å². The van der Waals surface area contributed by atoms with Crippen LogP contribution in [0.15, 0.2) is 18.2 Å². The van der Waals surface area contributed by atoms with Gasteiger partial charge in [0, 0.05) is 5.54 Å². The van der Waals surface area contributed by atoms with Crippen molar-refractivity contribution in [3.8, 4) is 5.75 Å². The maximum Gasteiger partial charge on any atom is 0.119 e. The van der Waals surface area contributed by atoms with Gasteiger partial charge in [-0.2, -0.15) is 0 Å². The van der Waals surface area contributed by atoms with Crippen molar-refractivity contribution in [3.05, 3.63) is 29.3 Å². The molecule has 1 N–H and O–H groups in total. The van der Waals surface area contributed by atoms with Gasteiger partial charge in [0.1, 0.15) is 12.4 Å². The second-order valence-corrected chi connectivity index (χ2v) is 4.75. The van der Waals surface area contributed by atoms with E-state index in [-0.39, 0.29) is 5.54 Å². The summed E-state index contributed by atoms with van der Waals surface area (Å²) in [7, 11) is 1.95. The summed E-state index contributed by atoms with van der Waals surface area (Å²) in [6.45, 7) is 9.09. The molecule has 0 fully saturated rings. The van der Waals surface area contributed by atoms with Gasteiger partial charge < -0.3 is 10.1 Å². The van der Waals surface area contributed by atoms with E-state index in [9.17, 15) is 0 Å². The summed E-state index contributed by atoms with van der Waals surface area (Å²) in [6, 6.07) is 6.29. The zero-order valence-electron chi connectivity index (χ0n) is 10.3. The zero-order valence-corrected chi connectivity index (χ0v) is 10.3. The second-order valence-electron chi connectivity index (χ2n) is 4.75. The molecule has 2 nitrogen and oxygen atoms in total. The van der Waals surface area contributed by atoms with E-state index >= 15 is 0 Å². The maximum absolute atomic E-state index is 5.76. The van der Waals surface area contributed by atoms with Crippen LogP contribution in [0.3, 0.4) is 0 Å². The lowest BCUT2D eigenvalue weighted by Gasteiger charge is -2.24. The SMILES string of the molecule is CNC(C)(C)COc1cc(C)cc(C)c1. The molecule has 1 rings (SSSR count). The van der Waals surface area contributed by atoms with Crippen LogP contribution in [0.5, 0.6) is 5.75 Å². The summed E-state index contributed by atoms with van der Waals surface area (Å²) in [5.74, 6) is 0.954. The van der Waals surface area contributed by atoms with Crippen LogP contribution in [-0.2, 0) is 0 Å². The lowest BCUT2D eigenvalue weighted by molar-refractivity contribution is 0.217. The smallest absolute Gasteiger partial charge is 0.119 e. The number of ether oxygens (including phenoxy) is 1. The van der Waals surface area contributed by atoms with E-state index in [0.717, 1.165) is 5.75 Å². The molecule has 0 saturated heterocycles. The molecule has 0 radical (unpaired) electrons. The highest BCUT2D eigenvalue weighted by Crippen LogP contribution is 2.17. The van der Waals surface area contributed by atoms with E-state index in [1.165, 1.54) is 11.1 Å². The minimum absolute atomic E-state index is 0.0116. The molecule has 1 aromatic carbocycles. The van der Waals surface area contributed by atoms with Crippen molar-refractivity contribution in [2.45, 2.75) is 33.2 Å². The first-order valence-corrected chi connectivity index (χ1v) is 5.33. The number of likely N-dealkylation sites (N-methyl/N-ethyl adjacent to an activating group) is 1. The van der Waals surface area contributed by atoms with Gasteiger partial charge in [-0.25, -0.2) is 0 Å². The van der Waals surface area contributed by atoms with Crippen molar-refractivity contribution in [2.75, 3.05) is 13.7 Å². The molecule has 1 aromatic rings. The molecule has 0 heterocycles. The molecule has 0 atom stereocenters. The van der Waals surface area contributed by atoms with E-state index in [0.29, 0.717) is 6.61 Å². The van der Waals surface area contributed by atoms with Gasteiger partial charge in [0.05, 0.1) is 0 Å². The summed E-state index contributed by atoms with van der Waals surface area (Å²) < 4.78 is 5.76. The van der Waals surface area contributed by atoms with Crippen LogP contribution < -0.4 is 10.1 Å². The molecular formula is C13H21NO. The van der Waals surface area contributed by atoms with Gasteiger partial charge in [0.15, 0.2) is 0 Å². The number of benzene rings is 1. The molecule has 0 unspecified atom stereocenters. The maximum atomic E-state index is 5.76. The van der Waals surface area contributed by atoms with E-state index in [1.807, 2.05) is 7.05 Å². The van der Waals surface area contributed by atoms with Crippen molar-refractivity contribution in [3.63, 3.8) is 0 Å². The van der Waals surface area contributed by atoms with Crippen molar-refractivity contribution >= 4 is 0 Å². The predicted molar refractivity (Wildman–Crippen MR) is 64.5 cm³/mol. The Hall–Kier alpha value is -1.02. The summed E-state index contributed by atoms with van der Waals surface area (Å²) in [5, 5.41) is 3.22. The lowest BCUT2D eigenvalue weighted by Crippen LogP contribution is -2.42. The van der Waals surface area contributed by atoms with Crippen molar-refractivity contribution in [1.82, 2.24) is 5.32 Å². The second kappa shape index (κ2) is 4.67. The van der Waals surface area contributed by atoms with Crippen molar-refractivity contribution in [1.29, 1.82) is 0 Å². The minimum Gasteiger partial charge on any atom is -0.492 e. The molecule has 0 saturated carbocycles. The standard InChI is InChI=1S/C13H21NO/c1-10-6-11(2)8-12(7-10)15-9-13(3,4)14-5/h6-8,14H,9H2,1-5H3. The summed E-state index contributed by atoms with van der Waals surface area (Å²) >= 11 is 0. The average molecular weight is 207 g/mol. The third kappa shape index (κ3) is 3.92. The molecule has 0 aliphatic heterocycles. The zero-order chi connectivity index (χ0) is 11.5. The largest absolute Gasteiger partial charge is 0.492 e. The molecule has 0 aliphatic rings. The Labute approximate surface area is 92.6 Å². The number of nitrogens with one attached hydrogen (secondary N) is 1. The monoisotopic (exact) mass is 207 g/mol. The van der Waals surface area contributed by atoms with Crippen molar-refractivity contribution in [2.24, 2.45) is 0 Å². The van der Waals surface area contributed by atoms with Crippen LogP contribution >= 0.6 is 0 Å². The van der Waals surface area contributed by atoms with E-state index < -0.39 is 0 Å². The Morgan fingerprint density at radius 1 is 1.13 bits per heavy atom. The van der Waals surface area contributed by atoms with Crippen molar-refractivity contribution < 1.29 is 4.74 Å². The van der Waals surface area contributed by atoms with Crippen LogP contribution in [0.1, 0.15) is 25.0 Å². The molecule has 0 amide bonds. The Kier molecular flexibility index (Phi) is 3.75. The fraction of sp³-hybridized carbons (Fsp3) is 0.538. The van der Waals surface area contributed by atoms with Gasteiger partial charge in [0.25, 0.3) is 0 Å². The average Bonchev–Trinajstić information content (AvgIpc) is 2.14. The Balaban J connectivity index is 2.65. The third-order valence-corrected chi connectivity index (χ3v) is 2.47. The van der Waals surface area contributed by atoms with Gasteiger partial charge in [0.2, 0.25) is 0 Å². The molecule has 15 heavy (non-hydrogen) atoms. The Morgan fingerprint density at radius 2 is 1.67 bits per heavy atom. The molecule has 0 aliphatic carbocycles. The van der Waals surface area contributed by atoms with Gasteiger partial charge in [-0.1, -0.05) is 6.07 Å². The van der Waals surface area contributed by atoms with E-state index in [2.05, 4.69) is 51.2 Å². The number of rotatable bonds is 4. The normalized spacial score (nSPS) is 11.5. The molecular weight excluding hydrogens is 186 g/mol. The molecule has 0 bridgehead atoms. The summed E-state index contributed by atoms with van der Waals surface area (Å²) in [4.78, 5) is 0. The highest BCUT2D eigenvalue weighted by molar-refractivity contribution is 5.33. The number of hydrogen-bond acceptors (Lipinski definition) is 2. The predicted octanol–water partition coefficient (Wildman–Crippen LogP) is 2.68. The molecule has 0 spiro atoms. The van der Waals surface area contributed by atoms with Gasteiger partial charge >= 0.3 is 0 Å². The first-order valence-electron chi connectivity index (χ1n) is 5.33. The topological polar surface area (TPSA) is 21.3 Å². The summed E-state index contributed by atoms with van der Waals surface area (Å²) in [6.07, 6.45) is 0. The van der Waals surface area contributed by atoms with Crippen LogP contribution in [0.2, 0.25) is 0 Å². The van der Waals surface area contributed by atoms with E-state index in [4.69, 9.17) is 4.74 Å². The third-order valence-electron chi connectivity index (χ3n) is 2.47. The first-order chi connectivity index (χ1) is 6.93. The highest BCUT2D eigenvalue weighted by Gasteiger charge is 2.15. The van der Waals surface area contributed by atoms with Gasteiger partial charge in [-0.15, -0.1) is 0 Å². The van der Waals surface area contributed by atoms with Crippen LogP contribution in [0.4, 0.5) is 0 Å². The number of aryl methyl sites for hydroxylation is 2. The first kappa shape index (κ1) is 12.1. The fourth-order valence-corrected chi connectivity index (χ4v) is 1.35. The fourth-order valence-electron chi connectivity index (χ4n) is 1.35. The van der Waals surface area contributed by atoms with Gasteiger partial charge in [-0.3, -0.25) is 0 Å². The Bertz CT molecular complexity index is 311. The minimum atomic E-state index is 0.0116. The van der Waals surface area contributed by atoms with Crippen LogP contribution in [-0.4, -0.2) is 19.2 Å². The van der Waals surface area contributed by atoms with Gasteiger partial charge in [-0.05, 0) is 58.0 Å². The highest BCUT2D eigenvalue weighted by atomic mass is 16.5. The molecule has 2 heteroatoms. The Morgan fingerprint density at radius 3 is 2.13 bits per heavy atom.